The van der Waals surface area contributed by atoms with Gasteiger partial charge in [-0.2, -0.15) is 0 Å². The van der Waals surface area contributed by atoms with Crippen molar-refractivity contribution in [2.75, 3.05) is 20.5 Å². The summed E-state index contributed by atoms with van der Waals surface area (Å²) in [6, 6.07) is 10.8. The van der Waals surface area contributed by atoms with Crippen LogP contribution in [0.1, 0.15) is 11.1 Å². The third-order valence-corrected chi connectivity index (χ3v) is 5.66. The van der Waals surface area contributed by atoms with Crippen LogP contribution in [0.2, 0.25) is 0 Å². The highest BCUT2D eigenvalue weighted by Gasteiger charge is 2.19. The first kappa shape index (κ1) is 14.7. The highest BCUT2D eigenvalue weighted by molar-refractivity contribution is 7.99. The van der Waals surface area contributed by atoms with E-state index < -0.39 is 0 Å². The van der Waals surface area contributed by atoms with E-state index in [4.69, 9.17) is 9.47 Å². The molecule has 0 spiro atoms. The maximum Gasteiger partial charge on any atom is 0.126 e. The molecule has 0 fully saturated rings. The van der Waals surface area contributed by atoms with E-state index in [9.17, 15) is 0 Å². The van der Waals surface area contributed by atoms with E-state index in [1.807, 2.05) is 17.8 Å². The minimum absolute atomic E-state index is 0.849. The van der Waals surface area contributed by atoms with Crippen LogP contribution < -0.4 is 9.47 Å². The van der Waals surface area contributed by atoms with E-state index in [1.165, 1.54) is 25.8 Å². The van der Waals surface area contributed by atoms with Crippen LogP contribution in [0.25, 0.3) is 0 Å². The molecule has 0 bridgehead atoms. The first-order valence-corrected chi connectivity index (χ1v) is 8.89. The van der Waals surface area contributed by atoms with Gasteiger partial charge in [-0.3, -0.25) is 0 Å². The average molecular weight is 318 g/mol. The Balaban J connectivity index is 2.06. The third kappa shape index (κ3) is 2.87. The smallest absolute Gasteiger partial charge is 0.126 e. The van der Waals surface area contributed by atoms with Gasteiger partial charge in [0.25, 0.3) is 0 Å². The van der Waals surface area contributed by atoms with Crippen LogP contribution in [0.15, 0.2) is 45.0 Å². The van der Waals surface area contributed by atoms with Crippen molar-refractivity contribution in [1.82, 2.24) is 0 Å². The fourth-order valence-corrected chi connectivity index (χ4v) is 4.22. The van der Waals surface area contributed by atoms with Crippen LogP contribution in [-0.2, 0) is 12.8 Å². The van der Waals surface area contributed by atoms with E-state index >= 15 is 0 Å². The molecule has 0 unspecified atom stereocenters. The van der Waals surface area contributed by atoms with Gasteiger partial charge in [-0.1, -0.05) is 11.8 Å². The van der Waals surface area contributed by atoms with Crippen molar-refractivity contribution in [2.24, 2.45) is 0 Å². The summed E-state index contributed by atoms with van der Waals surface area (Å²) in [5, 5.41) is 0. The van der Waals surface area contributed by atoms with E-state index in [2.05, 4.69) is 30.5 Å². The number of fused-ring (bicyclic) bond motifs is 2. The molecular formula is C17H18O2S2. The van der Waals surface area contributed by atoms with Crippen molar-refractivity contribution in [3.05, 3.63) is 41.5 Å². The van der Waals surface area contributed by atoms with Gasteiger partial charge in [-0.15, -0.1) is 11.8 Å². The fourth-order valence-electron chi connectivity index (χ4n) is 2.59. The molecule has 0 saturated carbocycles. The van der Waals surface area contributed by atoms with Crippen molar-refractivity contribution < 1.29 is 9.47 Å². The number of benzene rings is 2. The summed E-state index contributed by atoms with van der Waals surface area (Å²) in [5.41, 5.74) is 2.70. The molecule has 2 nitrogen and oxygen atoms in total. The third-order valence-electron chi connectivity index (χ3n) is 3.73. The number of aryl methyl sites for hydroxylation is 1. The number of methoxy groups -OCH3 is 2. The highest BCUT2D eigenvalue weighted by atomic mass is 32.2. The highest BCUT2D eigenvalue weighted by Crippen LogP contribution is 2.43. The lowest BCUT2D eigenvalue weighted by atomic mass is 10.0. The van der Waals surface area contributed by atoms with Crippen LogP contribution in [0.3, 0.4) is 0 Å². The lowest BCUT2D eigenvalue weighted by molar-refractivity contribution is 0.388. The first-order chi connectivity index (χ1) is 10.2. The van der Waals surface area contributed by atoms with Crippen LogP contribution in [0, 0.1) is 0 Å². The predicted molar refractivity (Wildman–Crippen MR) is 89.3 cm³/mol. The molecule has 3 rings (SSSR count). The predicted octanol–water partition coefficient (Wildman–Crippen LogP) is 4.68. The molecule has 0 aromatic heterocycles. The molecule has 0 aliphatic carbocycles. The lowest BCUT2D eigenvalue weighted by Crippen LogP contribution is -1.97. The van der Waals surface area contributed by atoms with Gasteiger partial charge in [0, 0.05) is 26.3 Å². The molecule has 0 amide bonds. The normalized spacial score (nSPS) is 13.1. The largest absolute Gasteiger partial charge is 0.497 e. The summed E-state index contributed by atoms with van der Waals surface area (Å²) < 4.78 is 10.9. The quantitative estimate of drug-likeness (QED) is 0.765. The van der Waals surface area contributed by atoms with Crippen molar-refractivity contribution in [3.63, 3.8) is 0 Å². The molecular weight excluding hydrogens is 300 g/mol. The lowest BCUT2D eigenvalue weighted by Gasteiger charge is -2.13. The number of thioether (sulfide) groups is 1. The molecule has 110 valence electrons. The molecule has 1 aliphatic heterocycles. The van der Waals surface area contributed by atoms with Gasteiger partial charge in [0.1, 0.15) is 11.5 Å². The fraction of sp³-hybridized carbons (Fsp3) is 0.294. The summed E-state index contributed by atoms with van der Waals surface area (Å²) in [6.45, 7) is 0. The van der Waals surface area contributed by atoms with E-state index in [1.54, 1.807) is 26.0 Å². The van der Waals surface area contributed by atoms with Gasteiger partial charge in [0.2, 0.25) is 0 Å². The Bertz CT molecular complexity index is 668. The van der Waals surface area contributed by atoms with Crippen LogP contribution >= 0.6 is 23.5 Å². The van der Waals surface area contributed by atoms with Gasteiger partial charge in [-0.25, -0.2) is 0 Å². The average Bonchev–Trinajstić information content (AvgIpc) is 2.71. The Kier molecular flexibility index (Phi) is 4.36. The van der Waals surface area contributed by atoms with Gasteiger partial charge in [0.05, 0.1) is 14.2 Å². The Labute approximate surface area is 134 Å². The zero-order valence-corrected chi connectivity index (χ0v) is 14.1. The number of rotatable bonds is 3. The minimum atomic E-state index is 0.849. The van der Waals surface area contributed by atoms with Crippen molar-refractivity contribution in [2.45, 2.75) is 27.5 Å². The van der Waals surface area contributed by atoms with E-state index in [0.29, 0.717) is 0 Å². The summed E-state index contributed by atoms with van der Waals surface area (Å²) >= 11 is 3.60. The van der Waals surface area contributed by atoms with Crippen molar-refractivity contribution >= 4 is 23.5 Å². The summed E-state index contributed by atoms with van der Waals surface area (Å²) in [4.78, 5) is 3.90. The second-order valence-electron chi connectivity index (χ2n) is 4.88. The summed E-state index contributed by atoms with van der Waals surface area (Å²) in [7, 11) is 3.42. The molecule has 0 saturated heterocycles. The Morgan fingerprint density at radius 2 is 1.86 bits per heavy atom. The topological polar surface area (TPSA) is 18.5 Å². The first-order valence-electron chi connectivity index (χ1n) is 6.85. The maximum absolute atomic E-state index is 5.56. The van der Waals surface area contributed by atoms with Crippen LogP contribution in [0.5, 0.6) is 11.5 Å². The van der Waals surface area contributed by atoms with Crippen LogP contribution in [-0.4, -0.2) is 20.5 Å². The molecule has 0 atom stereocenters. The maximum atomic E-state index is 5.56. The molecule has 0 radical (unpaired) electrons. The zero-order chi connectivity index (χ0) is 14.8. The summed E-state index contributed by atoms with van der Waals surface area (Å²) in [6.07, 6.45) is 4.17. The van der Waals surface area contributed by atoms with E-state index in [-0.39, 0.29) is 0 Å². The molecule has 2 aromatic rings. The zero-order valence-electron chi connectivity index (χ0n) is 12.4. The molecule has 21 heavy (non-hydrogen) atoms. The van der Waals surface area contributed by atoms with Crippen LogP contribution in [0.4, 0.5) is 0 Å². The second kappa shape index (κ2) is 6.24. The van der Waals surface area contributed by atoms with E-state index in [0.717, 1.165) is 24.3 Å². The standard InChI is InChI=1S/C17H18O2S2/c1-18-12-9-15(19-2)14-6-4-11-8-13(20-3)5-7-16(11)21-17(14)10-12/h5,7-10H,4,6H2,1-3H3. The molecule has 1 heterocycles. The van der Waals surface area contributed by atoms with Crippen molar-refractivity contribution in [1.29, 1.82) is 0 Å². The van der Waals surface area contributed by atoms with Gasteiger partial charge < -0.3 is 9.47 Å². The number of hydrogen-bond donors (Lipinski definition) is 0. The molecule has 1 aliphatic rings. The Morgan fingerprint density at radius 3 is 2.57 bits per heavy atom. The molecule has 4 heteroatoms. The van der Waals surface area contributed by atoms with Crippen molar-refractivity contribution in [3.8, 4) is 11.5 Å². The molecule has 0 N–H and O–H groups in total. The van der Waals surface area contributed by atoms with Gasteiger partial charge in [0.15, 0.2) is 0 Å². The van der Waals surface area contributed by atoms with Gasteiger partial charge >= 0.3 is 0 Å². The number of hydrogen-bond acceptors (Lipinski definition) is 4. The Morgan fingerprint density at radius 1 is 1.00 bits per heavy atom. The summed E-state index contributed by atoms with van der Waals surface area (Å²) in [5.74, 6) is 1.78. The second-order valence-corrected chi connectivity index (χ2v) is 6.85. The SMILES string of the molecule is COc1cc(OC)c2c(c1)Sc1ccc(SC)cc1CC2. The van der Waals surface area contributed by atoms with Gasteiger partial charge in [-0.05, 0) is 48.9 Å². The minimum Gasteiger partial charge on any atom is -0.497 e. The number of ether oxygens (including phenoxy) is 2. The molecule has 2 aromatic carbocycles. The monoisotopic (exact) mass is 318 g/mol. The Hall–Kier alpha value is -1.26.